The molecule has 1 fully saturated rings. The highest BCUT2D eigenvalue weighted by molar-refractivity contribution is 7.13. The molecule has 1 atom stereocenters. The van der Waals surface area contributed by atoms with Crippen molar-refractivity contribution < 1.29 is 13.6 Å². The molecule has 2 heterocycles. The van der Waals surface area contributed by atoms with Gasteiger partial charge in [0.2, 0.25) is 5.91 Å². The Balaban J connectivity index is 1.57. The van der Waals surface area contributed by atoms with Gasteiger partial charge in [0.05, 0.1) is 0 Å². The van der Waals surface area contributed by atoms with Gasteiger partial charge < -0.3 is 5.32 Å². The smallest absolute Gasteiger partial charge is 0.229 e. The van der Waals surface area contributed by atoms with Gasteiger partial charge in [0.15, 0.2) is 5.13 Å². The number of hydrogen-bond acceptors (Lipinski definition) is 4. The van der Waals surface area contributed by atoms with Gasteiger partial charge in [-0.15, -0.1) is 11.3 Å². The first-order valence-corrected chi connectivity index (χ1v) is 8.82. The Bertz CT molecular complexity index is 700. The van der Waals surface area contributed by atoms with Crippen molar-refractivity contribution in [1.82, 2.24) is 9.88 Å². The van der Waals surface area contributed by atoms with E-state index in [1.165, 1.54) is 23.5 Å². The number of nitrogens with one attached hydrogen (secondary N) is 1. The van der Waals surface area contributed by atoms with E-state index in [2.05, 4.69) is 15.2 Å². The summed E-state index contributed by atoms with van der Waals surface area (Å²) < 4.78 is 27.0. The molecule has 0 saturated carbocycles. The molecule has 1 aromatic heterocycles. The van der Waals surface area contributed by atoms with E-state index in [1.54, 1.807) is 6.20 Å². The SMILES string of the molecule is CC(c1ccc(F)cc1F)N1CCC(C(=O)Nc2nccs2)CC1. The van der Waals surface area contributed by atoms with Crippen LogP contribution in [0.25, 0.3) is 0 Å². The van der Waals surface area contributed by atoms with Crippen LogP contribution in [-0.2, 0) is 4.79 Å². The van der Waals surface area contributed by atoms with Crippen LogP contribution in [-0.4, -0.2) is 28.9 Å². The quantitative estimate of drug-likeness (QED) is 0.910. The number of nitrogens with zero attached hydrogens (tertiary/aromatic N) is 2. The summed E-state index contributed by atoms with van der Waals surface area (Å²) in [6.07, 6.45) is 3.08. The Labute approximate surface area is 143 Å². The van der Waals surface area contributed by atoms with E-state index in [0.717, 1.165) is 6.07 Å². The lowest BCUT2D eigenvalue weighted by Crippen LogP contribution is -2.39. The van der Waals surface area contributed by atoms with Crippen LogP contribution in [0.15, 0.2) is 29.8 Å². The lowest BCUT2D eigenvalue weighted by Gasteiger charge is -2.35. The third-order valence-corrected chi connectivity index (χ3v) is 5.21. The molecule has 0 spiro atoms. The standard InChI is InChI=1S/C17H19F2N3OS/c1-11(14-3-2-13(18)10-15(14)19)22-7-4-12(5-8-22)16(23)21-17-20-6-9-24-17/h2-3,6,9-12H,4-5,7-8H2,1H3,(H,20,21,23). The predicted octanol–water partition coefficient (Wildman–Crippen LogP) is 3.83. The Kier molecular flexibility index (Phi) is 5.20. The normalized spacial score (nSPS) is 17.6. The van der Waals surface area contributed by atoms with Gasteiger partial charge in [0, 0.05) is 35.2 Å². The molecule has 1 N–H and O–H groups in total. The average molecular weight is 351 g/mol. The van der Waals surface area contributed by atoms with Crippen LogP contribution in [0.4, 0.5) is 13.9 Å². The van der Waals surface area contributed by atoms with Crippen molar-refractivity contribution in [1.29, 1.82) is 0 Å². The number of rotatable bonds is 4. The largest absolute Gasteiger partial charge is 0.302 e. The lowest BCUT2D eigenvalue weighted by atomic mass is 9.94. The van der Waals surface area contributed by atoms with E-state index in [4.69, 9.17) is 0 Å². The molecule has 7 heteroatoms. The highest BCUT2D eigenvalue weighted by Crippen LogP contribution is 2.29. The third-order valence-electron chi connectivity index (χ3n) is 4.52. The Hall–Kier alpha value is -1.86. The minimum atomic E-state index is -0.569. The van der Waals surface area contributed by atoms with E-state index >= 15 is 0 Å². The van der Waals surface area contributed by atoms with Crippen molar-refractivity contribution in [3.8, 4) is 0 Å². The number of likely N-dealkylation sites (tertiary alicyclic amines) is 1. The maximum Gasteiger partial charge on any atom is 0.229 e. The zero-order chi connectivity index (χ0) is 17.1. The Morgan fingerprint density at radius 3 is 2.75 bits per heavy atom. The summed E-state index contributed by atoms with van der Waals surface area (Å²) in [5.41, 5.74) is 0.488. The number of carbonyl (C=O) groups excluding carboxylic acids is 1. The fourth-order valence-corrected chi connectivity index (χ4v) is 3.61. The average Bonchev–Trinajstić information content (AvgIpc) is 3.07. The molecule has 0 radical (unpaired) electrons. The second-order valence-corrected chi connectivity index (χ2v) is 6.87. The summed E-state index contributed by atoms with van der Waals surface area (Å²) in [4.78, 5) is 18.4. The molecule has 1 aliphatic rings. The maximum atomic E-state index is 13.9. The summed E-state index contributed by atoms with van der Waals surface area (Å²) in [6, 6.07) is 3.55. The van der Waals surface area contributed by atoms with Gasteiger partial charge in [0.1, 0.15) is 11.6 Å². The zero-order valence-corrected chi connectivity index (χ0v) is 14.2. The number of halogens is 2. The second kappa shape index (κ2) is 7.36. The van der Waals surface area contributed by atoms with Gasteiger partial charge in [-0.2, -0.15) is 0 Å². The molecule has 0 aliphatic carbocycles. The highest BCUT2D eigenvalue weighted by atomic mass is 32.1. The van der Waals surface area contributed by atoms with E-state index < -0.39 is 11.6 Å². The number of anilines is 1. The van der Waals surface area contributed by atoms with Crippen LogP contribution in [0.5, 0.6) is 0 Å². The van der Waals surface area contributed by atoms with E-state index in [-0.39, 0.29) is 17.9 Å². The number of piperidine rings is 1. The molecule has 1 aliphatic heterocycles. The molecule has 1 saturated heterocycles. The zero-order valence-electron chi connectivity index (χ0n) is 13.3. The molecule has 1 unspecified atom stereocenters. The number of hydrogen-bond donors (Lipinski definition) is 1. The first-order chi connectivity index (χ1) is 11.5. The summed E-state index contributed by atoms with van der Waals surface area (Å²) in [5, 5.41) is 5.26. The minimum Gasteiger partial charge on any atom is -0.302 e. The van der Waals surface area contributed by atoms with Gasteiger partial charge in [-0.3, -0.25) is 9.69 Å². The summed E-state index contributed by atoms with van der Waals surface area (Å²) in [7, 11) is 0. The van der Waals surface area contributed by atoms with E-state index in [0.29, 0.717) is 36.6 Å². The van der Waals surface area contributed by atoms with Crippen molar-refractivity contribution in [3.05, 3.63) is 47.0 Å². The van der Waals surface area contributed by atoms with Crippen molar-refractivity contribution >= 4 is 22.4 Å². The molecule has 0 bridgehead atoms. The number of thiazole rings is 1. The molecule has 2 aromatic rings. The minimum absolute atomic E-state index is 0.00906. The van der Waals surface area contributed by atoms with Crippen LogP contribution in [0.1, 0.15) is 31.4 Å². The van der Waals surface area contributed by atoms with Gasteiger partial charge in [-0.25, -0.2) is 13.8 Å². The number of amides is 1. The van der Waals surface area contributed by atoms with E-state index in [1.807, 2.05) is 12.3 Å². The predicted molar refractivity (Wildman–Crippen MR) is 89.8 cm³/mol. The fraction of sp³-hybridized carbons (Fsp3) is 0.412. The maximum absolute atomic E-state index is 13.9. The van der Waals surface area contributed by atoms with Crippen LogP contribution in [0.2, 0.25) is 0 Å². The molecule has 3 rings (SSSR count). The van der Waals surface area contributed by atoms with Crippen LogP contribution < -0.4 is 5.32 Å². The van der Waals surface area contributed by atoms with Gasteiger partial charge in [-0.05, 0) is 38.9 Å². The van der Waals surface area contributed by atoms with Crippen LogP contribution in [0.3, 0.4) is 0 Å². The van der Waals surface area contributed by atoms with Gasteiger partial charge in [-0.1, -0.05) is 6.07 Å². The van der Waals surface area contributed by atoms with Crippen molar-refractivity contribution in [2.45, 2.75) is 25.8 Å². The van der Waals surface area contributed by atoms with Gasteiger partial charge in [0.25, 0.3) is 0 Å². The molecule has 128 valence electrons. The third kappa shape index (κ3) is 3.79. The second-order valence-electron chi connectivity index (χ2n) is 5.98. The molecule has 1 amide bonds. The van der Waals surface area contributed by atoms with Crippen LogP contribution in [0, 0.1) is 17.6 Å². The molecule has 24 heavy (non-hydrogen) atoms. The Morgan fingerprint density at radius 2 is 2.12 bits per heavy atom. The Morgan fingerprint density at radius 1 is 1.38 bits per heavy atom. The topological polar surface area (TPSA) is 45.2 Å². The number of aromatic nitrogens is 1. The molecule has 4 nitrogen and oxygen atoms in total. The highest BCUT2D eigenvalue weighted by Gasteiger charge is 2.29. The van der Waals surface area contributed by atoms with Crippen molar-refractivity contribution in [2.24, 2.45) is 5.92 Å². The first-order valence-electron chi connectivity index (χ1n) is 7.94. The molecular formula is C17H19F2N3OS. The molecular weight excluding hydrogens is 332 g/mol. The first kappa shape index (κ1) is 17.0. The summed E-state index contributed by atoms with van der Waals surface area (Å²) in [6.45, 7) is 3.31. The summed E-state index contributed by atoms with van der Waals surface area (Å²) >= 11 is 1.39. The molecule has 1 aromatic carbocycles. The monoisotopic (exact) mass is 351 g/mol. The fourth-order valence-electron chi connectivity index (χ4n) is 3.08. The van der Waals surface area contributed by atoms with Crippen molar-refractivity contribution in [2.75, 3.05) is 18.4 Å². The van der Waals surface area contributed by atoms with Gasteiger partial charge >= 0.3 is 0 Å². The van der Waals surface area contributed by atoms with Crippen LogP contribution >= 0.6 is 11.3 Å². The van der Waals surface area contributed by atoms with Crippen molar-refractivity contribution in [3.63, 3.8) is 0 Å². The lowest BCUT2D eigenvalue weighted by molar-refractivity contribution is -0.121. The summed E-state index contributed by atoms with van der Waals surface area (Å²) in [5.74, 6) is -1.16. The van der Waals surface area contributed by atoms with E-state index in [9.17, 15) is 13.6 Å². The number of benzene rings is 1. The number of carbonyl (C=O) groups is 1.